The quantitative estimate of drug-likeness (QED) is 0.526. The van der Waals surface area contributed by atoms with Crippen molar-refractivity contribution in [3.63, 3.8) is 0 Å². The highest BCUT2D eigenvalue weighted by Gasteiger charge is 2.30. The van der Waals surface area contributed by atoms with Gasteiger partial charge in [0.1, 0.15) is 6.04 Å². The molecule has 134 valence electrons. The molecule has 0 spiro atoms. The van der Waals surface area contributed by atoms with Crippen molar-refractivity contribution < 1.29 is 22.7 Å². The van der Waals surface area contributed by atoms with E-state index < -0.39 is 38.8 Å². The van der Waals surface area contributed by atoms with Crippen molar-refractivity contribution in [1.29, 1.82) is 0 Å². The summed E-state index contributed by atoms with van der Waals surface area (Å²) in [6.07, 6.45) is 5.26. The van der Waals surface area contributed by atoms with Crippen molar-refractivity contribution in [2.45, 2.75) is 50.8 Å². The number of esters is 2. The number of nitrogens with zero attached hydrogens (tertiary/aromatic N) is 1. The summed E-state index contributed by atoms with van der Waals surface area (Å²) >= 11 is 0. The molecule has 0 unspecified atom stereocenters. The average Bonchev–Trinajstić information content (AvgIpc) is 2.55. The number of aromatic nitrogens is 1. The maximum absolute atomic E-state index is 12.4. The SMILES string of the molecule is CCCC(CCC)S(=O)(=O)C[C@@H](N)C(=O)OC(=O)c1ccncc1. The number of carbonyl (C=O) groups excluding carboxylic acids is 2. The zero-order valence-corrected chi connectivity index (χ0v) is 14.8. The van der Waals surface area contributed by atoms with E-state index in [1.807, 2.05) is 13.8 Å². The molecule has 0 aliphatic rings. The summed E-state index contributed by atoms with van der Waals surface area (Å²) in [5.41, 5.74) is 5.78. The van der Waals surface area contributed by atoms with E-state index in [0.29, 0.717) is 12.8 Å². The van der Waals surface area contributed by atoms with Crippen LogP contribution in [0.5, 0.6) is 0 Å². The molecule has 1 aromatic heterocycles. The third-order valence-electron chi connectivity index (χ3n) is 3.55. The van der Waals surface area contributed by atoms with Crippen LogP contribution in [0.2, 0.25) is 0 Å². The lowest BCUT2D eigenvalue weighted by Crippen LogP contribution is -2.42. The van der Waals surface area contributed by atoms with Gasteiger partial charge in [-0.15, -0.1) is 0 Å². The van der Waals surface area contributed by atoms with Crippen LogP contribution in [-0.4, -0.2) is 42.4 Å². The van der Waals surface area contributed by atoms with Crippen molar-refractivity contribution >= 4 is 21.8 Å². The van der Waals surface area contributed by atoms with Crippen LogP contribution in [0.15, 0.2) is 24.5 Å². The molecule has 1 rings (SSSR count). The fourth-order valence-electron chi connectivity index (χ4n) is 2.32. The van der Waals surface area contributed by atoms with E-state index in [-0.39, 0.29) is 5.56 Å². The summed E-state index contributed by atoms with van der Waals surface area (Å²) < 4.78 is 29.4. The van der Waals surface area contributed by atoms with Gasteiger partial charge in [0.25, 0.3) is 0 Å². The van der Waals surface area contributed by atoms with Crippen molar-refractivity contribution in [2.75, 3.05) is 5.75 Å². The third kappa shape index (κ3) is 6.01. The normalized spacial score (nSPS) is 12.8. The first kappa shape index (κ1) is 20.2. The fraction of sp³-hybridized carbons (Fsp3) is 0.562. The van der Waals surface area contributed by atoms with Gasteiger partial charge in [0.05, 0.1) is 16.6 Å². The van der Waals surface area contributed by atoms with Gasteiger partial charge < -0.3 is 10.5 Å². The van der Waals surface area contributed by atoms with Gasteiger partial charge in [0.15, 0.2) is 9.84 Å². The number of carbonyl (C=O) groups is 2. The Morgan fingerprint density at radius 1 is 1.17 bits per heavy atom. The molecule has 1 aromatic rings. The van der Waals surface area contributed by atoms with Gasteiger partial charge in [-0.3, -0.25) is 4.98 Å². The molecule has 24 heavy (non-hydrogen) atoms. The Bertz CT molecular complexity index is 640. The first-order valence-corrected chi connectivity index (χ1v) is 9.66. The molecule has 0 aromatic carbocycles. The van der Waals surface area contributed by atoms with Crippen LogP contribution in [0.3, 0.4) is 0 Å². The molecular formula is C16H24N2O5S. The summed E-state index contributed by atoms with van der Waals surface area (Å²) in [4.78, 5) is 27.4. The Morgan fingerprint density at radius 3 is 2.21 bits per heavy atom. The van der Waals surface area contributed by atoms with E-state index in [1.54, 1.807) is 0 Å². The van der Waals surface area contributed by atoms with E-state index in [0.717, 1.165) is 12.8 Å². The molecule has 0 aliphatic heterocycles. The lowest BCUT2D eigenvalue weighted by Gasteiger charge is -2.18. The van der Waals surface area contributed by atoms with Gasteiger partial charge in [0.2, 0.25) is 0 Å². The third-order valence-corrected chi connectivity index (χ3v) is 5.86. The van der Waals surface area contributed by atoms with E-state index in [9.17, 15) is 18.0 Å². The topological polar surface area (TPSA) is 116 Å². The van der Waals surface area contributed by atoms with Crippen LogP contribution < -0.4 is 5.73 Å². The Morgan fingerprint density at radius 2 is 1.71 bits per heavy atom. The first-order valence-electron chi connectivity index (χ1n) is 7.95. The van der Waals surface area contributed by atoms with E-state index in [1.165, 1.54) is 24.5 Å². The molecule has 2 N–H and O–H groups in total. The number of hydrogen-bond donors (Lipinski definition) is 1. The van der Waals surface area contributed by atoms with Crippen LogP contribution in [0.1, 0.15) is 49.9 Å². The van der Waals surface area contributed by atoms with Crippen LogP contribution in [0, 0.1) is 0 Å². The summed E-state index contributed by atoms with van der Waals surface area (Å²) in [7, 11) is -3.54. The first-order chi connectivity index (χ1) is 11.3. The van der Waals surface area contributed by atoms with Gasteiger partial charge in [-0.2, -0.15) is 0 Å². The molecule has 0 saturated heterocycles. The lowest BCUT2D eigenvalue weighted by molar-refractivity contribution is -0.138. The van der Waals surface area contributed by atoms with Crippen LogP contribution in [-0.2, 0) is 19.4 Å². The number of pyridine rings is 1. The molecule has 0 bridgehead atoms. The summed E-state index contributed by atoms with van der Waals surface area (Å²) in [6, 6.07) is 1.38. The molecule has 0 saturated carbocycles. The van der Waals surface area contributed by atoms with E-state index in [2.05, 4.69) is 9.72 Å². The predicted molar refractivity (Wildman–Crippen MR) is 90.0 cm³/mol. The minimum absolute atomic E-state index is 0.142. The fourth-order valence-corrected chi connectivity index (χ4v) is 4.41. The summed E-state index contributed by atoms with van der Waals surface area (Å²) in [6.45, 7) is 3.81. The summed E-state index contributed by atoms with van der Waals surface area (Å²) in [5, 5.41) is -0.526. The predicted octanol–water partition coefficient (Wildman–Crippen LogP) is 1.48. The number of sulfone groups is 1. The standard InChI is InChI=1S/C16H24N2O5S/c1-3-5-13(6-4-2)24(21,22)11-14(17)16(20)23-15(19)12-7-9-18-10-8-12/h7-10,13-14H,3-6,11,17H2,1-2H3/t14-/m1/s1. The van der Waals surface area contributed by atoms with Crippen molar-refractivity contribution in [2.24, 2.45) is 5.73 Å². The van der Waals surface area contributed by atoms with Crippen molar-refractivity contribution in [3.8, 4) is 0 Å². The molecule has 1 atom stereocenters. The maximum atomic E-state index is 12.4. The molecular weight excluding hydrogens is 332 g/mol. The van der Waals surface area contributed by atoms with Gasteiger partial charge in [-0.25, -0.2) is 18.0 Å². The van der Waals surface area contributed by atoms with Gasteiger partial charge >= 0.3 is 11.9 Å². The molecule has 1 heterocycles. The Hall–Kier alpha value is -1.80. The largest absolute Gasteiger partial charge is 0.388 e. The number of ether oxygens (including phenoxy) is 1. The average molecular weight is 356 g/mol. The highest BCUT2D eigenvalue weighted by Crippen LogP contribution is 2.16. The zero-order chi connectivity index (χ0) is 18.2. The van der Waals surface area contributed by atoms with Crippen LogP contribution >= 0.6 is 0 Å². The van der Waals surface area contributed by atoms with Crippen LogP contribution in [0.25, 0.3) is 0 Å². The second-order valence-corrected chi connectivity index (χ2v) is 7.91. The number of nitrogens with two attached hydrogens (primary N) is 1. The Kier molecular flexibility index (Phi) is 8.00. The van der Waals surface area contributed by atoms with E-state index in [4.69, 9.17) is 5.73 Å². The van der Waals surface area contributed by atoms with Gasteiger partial charge in [0, 0.05) is 12.4 Å². The molecule has 0 fully saturated rings. The van der Waals surface area contributed by atoms with Crippen molar-refractivity contribution in [1.82, 2.24) is 4.98 Å². The second-order valence-electron chi connectivity index (χ2n) is 5.58. The highest BCUT2D eigenvalue weighted by molar-refractivity contribution is 7.92. The molecule has 0 amide bonds. The van der Waals surface area contributed by atoms with Gasteiger partial charge in [-0.1, -0.05) is 26.7 Å². The van der Waals surface area contributed by atoms with Crippen molar-refractivity contribution in [3.05, 3.63) is 30.1 Å². The molecule has 8 heteroatoms. The smallest absolute Gasteiger partial charge is 0.345 e. The summed E-state index contributed by atoms with van der Waals surface area (Å²) in [5.74, 6) is -2.46. The molecule has 7 nitrogen and oxygen atoms in total. The van der Waals surface area contributed by atoms with Gasteiger partial charge in [-0.05, 0) is 25.0 Å². The number of rotatable bonds is 9. The minimum Gasteiger partial charge on any atom is -0.388 e. The highest BCUT2D eigenvalue weighted by atomic mass is 32.2. The van der Waals surface area contributed by atoms with E-state index >= 15 is 0 Å². The maximum Gasteiger partial charge on any atom is 0.345 e. The van der Waals surface area contributed by atoms with Crippen LogP contribution in [0.4, 0.5) is 0 Å². The lowest BCUT2D eigenvalue weighted by atomic mass is 10.2. The zero-order valence-electron chi connectivity index (χ0n) is 14.0. The second kappa shape index (κ2) is 9.48. The molecule has 0 aliphatic carbocycles. The Balaban J connectivity index is 2.70. The number of hydrogen-bond acceptors (Lipinski definition) is 7. The molecule has 0 radical (unpaired) electrons. The minimum atomic E-state index is -3.54. The monoisotopic (exact) mass is 356 g/mol. The Labute approximate surface area is 142 Å².